The van der Waals surface area contributed by atoms with Gasteiger partial charge in [0, 0.05) is 5.69 Å². The molecular weight excluding hydrogens is 218 g/mol. The first kappa shape index (κ1) is 11.4. The van der Waals surface area contributed by atoms with Gasteiger partial charge in [-0.05, 0) is 32.8 Å². The molecule has 0 unspecified atom stereocenters. The third-order valence-corrected chi connectivity index (χ3v) is 2.97. The van der Waals surface area contributed by atoms with E-state index in [1.807, 2.05) is 6.92 Å². The van der Waals surface area contributed by atoms with E-state index in [2.05, 4.69) is 16.4 Å². The summed E-state index contributed by atoms with van der Waals surface area (Å²) in [6.07, 6.45) is 1.18. The Kier molecular flexibility index (Phi) is 2.50. The molecule has 1 aliphatic carbocycles. The second-order valence-corrected chi connectivity index (χ2v) is 4.40. The van der Waals surface area contributed by atoms with Crippen LogP contribution >= 0.6 is 0 Å². The molecule has 88 valence electrons. The van der Waals surface area contributed by atoms with Crippen molar-refractivity contribution in [1.82, 2.24) is 4.98 Å². The van der Waals surface area contributed by atoms with E-state index in [0.29, 0.717) is 29.8 Å². The molecule has 5 nitrogen and oxygen atoms in total. The largest absolute Gasteiger partial charge is 0.480 e. The van der Waals surface area contributed by atoms with Gasteiger partial charge in [0.05, 0.1) is 16.9 Å². The van der Waals surface area contributed by atoms with Gasteiger partial charge in [0.15, 0.2) is 0 Å². The molecular formula is C12H13N3O2. The summed E-state index contributed by atoms with van der Waals surface area (Å²) in [5.41, 5.74) is 1.49. The second kappa shape index (κ2) is 3.74. The minimum Gasteiger partial charge on any atom is -0.480 e. The van der Waals surface area contributed by atoms with Crippen molar-refractivity contribution < 1.29 is 9.90 Å². The van der Waals surface area contributed by atoms with Gasteiger partial charge in [-0.1, -0.05) is 0 Å². The predicted octanol–water partition coefficient (Wildman–Crippen LogP) is 1.60. The smallest absolute Gasteiger partial charge is 0.329 e. The number of nitrogens with one attached hydrogen (secondary N) is 1. The Morgan fingerprint density at radius 2 is 2.24 bits per heavy atom. The summed E-state index contributed by atoms with van der Waals surface area (Å²) in [7, 11) is 0. The monoisotopic (exact) mass is 231 g/mol. The Labute approximate surface area is 99.1 Å². The number of carboxylic acid groups (broad SMARTS) is 1. The fourth-order valence-electron chi connectivity index (χ4n) is 1.84. The molecule has 2 rings (SSSR count). The van der Waals surface area contributed by atoms with Crippen LogP contribution in [0.3, 0.4) is 0 Å². The lowest BCUT2D eigenvalue weighted by Crippen LogP contribution is -2.31. The van der Waals surface area contributed by atoms with E-state index in [-0.39, 0.29) is 0 Å². The number of rotatable bonds is 3. The topological polar surface area (TPSA) is 86.0 Å². The van der Waals surface area contributed by atoms with Crippen molar-refractivity contribution in [1.29, 1.82) is 5.26 Å². The molecule has 5 heteroatoms. The molecule has 0 radical (unpaired) electrons. The first-order chi connectivity index (χ1) is 7.98. The van der Waals surface area contributed by atoms with Gasteiger partial charge in [0.25, 0.3) is 0 Å². The van der Waals surface area contributed by atoms with Crippen LogP contribution in [0, 0.1) is 25.2 Å². The number of carboxylic acids is 1. The molecule has 1 fully saturated rings. The van der Waals surface area contributed by atoms with E-state index < -0.39 is 11.5 Å². The maximum atomic E-state index is 11.1. The number of nitrogens with zero attached hydrogens (tertiary/aromatic N) is 2. The zero-order valence-corrected chi connectivity index (χ0v) is 9.74. The molecule has 17 heavy (non-hydrogen) atoms. The van der Waals surface area contributed by atoms with Crippen LogP contribution in [0.5, 0.6) is 0 Å². The van der Waals surface area contributed by atoms with Crippen molar-refractivity contribution in [2.75, 3.05) is 5.32 Å². The molecule has 1 aromatic heterocycles. The van der Waals surface area contributed by atoms with E-state index in [9.17, 15) is 4.79 Å². The molecule has 0 amide bonds. The van der Waals surface area contributed by atoms with Gasteiger partial charge in [-0.15, -0.1) is 0 Å². The number of hydrogen-bond donors (Lipinski definition) is 2. The Hall–Kier alpha value is -2.09. The van der Waals surface area contributed by atoms with E-state index >= 15 is 0 Å². The van der Waals surface area contributed by atoms with Gasteiger partial charge >= 0.3 is 5.97 Å². The van der Waals surface area contributed by atoms with E-state index in [1.165, 1.54) is 0 Å². The van der Waals surface area contributed by atoms with Crippen LogP contribution < -0.4 is 5.32 Å². The van der Waals surface area contributed by atoms with E-state index in [0.717, 1.165) is 5.69 Å². The third kappa shape index (κ3) is 1.94. The number of aliphatic carboxylic acids is 1. The Morgan fingerprint density at radius 1 is 1.59 bits per heavy atom. The minimum absolute atomic E-state index is 0.420. The summed E-state index contributed by atoms with van der Waals surface area (Å²) in [6.45, 7) is 3.57. The number of aryl methyl sites for hydroxylation is 2. The zero-order valence-electron chi connectivity index (χ0n) is 9.74. The number of nitriles is 1. The van der Waals surface area contributed by atoms with Crippen molar-refractivity contribution in [3.63, 3.8) is 0 Å². The van der Waals surface area contributed by atoms with E-state index in [4.69, 9.17) is 10.4 Å². The van der Waals surface area contributed by atoms with Crippen LogP contribution in [0.25, 0.3) is 0 Å². The highest BCUT2D eigenvalue weighted by Crippen LogP contribution is 2.40. The first-order valence-electron chi connectivity index (χ1n) is 5.38. The van der Waals surface area contributed by atoms with Crippen molar-refractivity contribution in [3.05, 3.63) is 23.0 Å². The van der Waals surface area contributed by atoms with Gasteiger partial charge in [-0.2, -0.15) is 5.26 Å². The number of aromatic nitrogens is 1. The van der Waals surface area contributed by atoms with Crippen molar-refractivity contribution in [2.24, 2.45) is 0 Å². The number of carbonyl (C=O) groups is 1. The predicted molar refractivity (Wildman–Crippen MR) is 61.6 cm³/mol. The lowest BCUT2D eigenvalue weighted by atomic mass is 10.1. The summed E-state index contributed by atoms with van der Waals surface area (Å²) in [5, 5.41) is 21.1. The molecule has 1 saturated carbocycles. The van der Waals surface area contributed by atoms with Crippen LogP contribution in [0.15, 0.2) is 6.07 Å². The highest BCUT2D eigenvalue weighted by molar-refractivity contribution is 5.87. The average molecular weight is 231 g/mol. The van der Waals surface area contributed by atoms with Crippen LogP contribution in [0.2, 0.25) is 0 Å². The quantitative estimate of drug-likeness (QED) is 0.825. The molecule has 1 aromatic rings. The molecule has 1 aliphatic rings. The van der Waals surface area contributed by atoms with Crippen LogP contribution in [0.1, 0.15) is 29.8 Å². The van der Waals surface area contributed by atoms with Crippen LogP contribution in [-0.2, 0) is 4.79 Å². The lowest BCUT2D eigenvalue weighted by molar-refractivity contribution is -0.138. The summed E-state index contributed by atoms with van der Waals surface area (Å²) in [5.74, 6) is -0.867. The molecule has 0 atom stereocenters. The second-order valence-electron chi connectivity index (χ2n) is 4.40. The van der Waals surface area contributed by atoms with Crippen molar-refractivity contribution in [3.8, 4) is 6.07 Å². The lowest BCUT2D eigenvalue weighted by Gasteiger charge is -2.16. The standard InChI is InChI=1S/C12H13N3O2/c1-7-5-10(9(6-13)8(2)14-7)15-12(3-4-12)11(16)17/h5H,3-4H2,1-2H3,(H,14,15)(H,16,17). The summed E-state index contributed by atoms with van der Waals surface area (Å²) >= 11 is 0. The normalized spacial score (nSPS) is 16.1. The van der Waals surface area contributed by atoms with Gasteiger partial charge < -0.3 is 10.4 Å². The fraction of sp³-hybridized carbons (Fsp3) is 0.417. The van der Waals surface area contributed by atoms with Gasteiger partial charge in [0.2, 0.25) is 0 Å². The molecule has 2 N–H and O–H groups in total. The maximum absolute atomic E-state index is 11.1. The first-order valence-corrected chi connectivity index (χ1v) is 5.38. The molecule has 0 aromatic carbocycles. The Bertz CT molecular complexity index is 527. The van der Waals surface area contributed by atoms with Crippen molar-refractivity contribution >= 4 is 11.7 Å². The highest BCUT2D eigenvalue weighted by atomic mass is 16.4. The number of anilines is 1. The third-order valence-electron chi connectivity index (χ3n) is 2.97. The minimum atomic E-state index is -0.883. The molecule has 0 aliphatic heterocycles. The zero-order chi connectivity index (χ0) is 12.6. The average Bonchev–Trinajstić information content (AvgIpc) is 2.98. The molecule has 0 bridgehead atoms. The maximum Gasteiger partial charge on any atom is 0.329 e. The summed E-state index contributed by atoms with van der Waals surface area (Å²) < 4.78 is 0. The Balaban J connectivity index is 2.40. The number of pyridine rings is 1. The van der Waals surface area contributed by atoms with Crippen LogP contribution in [-0.4, -0.2) is 21.6 Å². The number of hydrogen-bond acceptors (Lipinski definition) is 4. The van der Waals surface area contributed by atoms with Gasteiger partial charge in [-0.25, -0.2) is 4.79 Å². The van der Waals surface area contributed by atoms with Gasteiger partial charge in [0.1, 0.15) is 11.6 Å². The molecule has 1 heterocycles. The molecule has 0 spiro atoms. The SMILES string of the molecule is Cc1cc(NC2(C(=O)O)CC2)c(C#N)c(C)n1. The van der Waals surface area contributed by atoms with Crippen LogP contribution in [0.4, 0.5) is 5.69 Å². The summed E-state index contributed by atoms with van der Waals surface area (Å²) in [4.78, 5) is 15.3. The van der Waals surface area contributed by atoms with Crippen molar-refractivity contribution in [2.45, 2.75) is 32.2 Å². The Morgan fingerprint density at radius 3 is 2.71 bits per heavy atom. The van der Waals surface area contributed by atoms with Gasteiger partial charge in [-0.3, -0.25) is 4.98 Å². The highest BCUT2D eigenvalue weighted by Gasteiger charge is 2.50. The summed E-state index contributed by atoms with van der Waals surface area (Å²) in [6, 6.07) is 3.78. The van der Waals surface area contributed by atoms with E-state index in [1.54, 1.807) is 13.0 Å². The molecule has 0 saturated heterocycles. The fourth-order valence-corrected chi connectivity index (χ4v) is 1.84.